The summed E-state index contributed by atoms with van der Waals surface area (Å²) in [6.07, 6.45) is 1.03. The zero-order chi connectivity index (χ0) is 15.2. The van der Waals surface area contributed by atoms with Crippen LogP contribution in [0.5, 0.6) is 0 Å². The molecule has 1 heterocycles. The molecule has 110 valence electrons. The summed E-state index contributed by atoms with van der Waals surface area (Å²) in [6.45, 7) is 0.240. The van der Waals surface area contributed by atoms with Crippen LogP contribution in [0.1, 0.15) is 5.56 Å². The summed E-state index contributed by atoms with van der Waals surface area (Å²) in [6, 6.07) is 18.6. The Morgan fingerprint density at radius 2 is 1.82 bits per heavy atom. The van der Waals surface area contributed by atoms with Gasteiger partial charge in [0.2, 0.25) is 0 Å². The van der Waals surface area contributed by atoms with E-state index in [4.69, 9.17) is 9.26 Å². The lowest BCUT2D eigenvalue weighted by Crippen LogP contribution is -2.13. The van der Waals surface area contributed by atoms with Gasteiger partial charge >= 0.3 is 6.09 Å². The maximum atomic E-state index is 11.7. The van der Waals surface area contributed by atoms with Crippen molar-refractivity contribution in [1.82, 2.24) is 5.16 Å². The van der Waals surface area contributed by atoms with E-state index in [2.05, 4.69) is 10.5 Å². The van der Waals surface area contributed by atoms with Crippen LogP contribution in [0.4, 0.5) is 10.5 Å². The first-order valence-electron chi connectivity index (χ1n) is 6.80. The van der Waals surface area contributed by atoms with Gasteiger partial charge in [0, 0.05) is 17.3 Å². The van der Waals surface area contributed by atoms with Crippen LogP contribution in [0.15, 0.2) is 71.4 Å². The van der Waals surface area contributed by atoms with Crippen molar-refractivity contribution < 1.29 is 14.1 Å². The highest BCUT2D eigenvalue weighted by Crippen LogP contribution is 2.19. The van der Waals surface area contributed by atoms with Crippen LogP contribution in [0, 0.1) is 0 Å². The van der Waals surface area contributed by atoms with E-state index in [9.17, 15) is 4.79 Å². The Hall–Kier alpha value is -3.08. The molecule has 0 saturated heterocycles. The first-order chi connectivity index (χ1) is 10.8. The highest BCUT2D eigenvalue weighted by molar-refractivity contribution is 5.85. The summed E-state index contributed by atoms with van der Waals surface area (Å²) >= 11 is 0. The molecule has 0 aliphatic carbocycles. The molecule has 0 bridgehead atoms. The lowest BCUT2D eigenvalue weighted by molar-refractivity contribution is 0.155. The molecule has 0 fully saturated rings. The Kier molecular flexibility index (Phi) is 4.15. The second kappa shape index (κ2) is 6.58. The summed E-state index contributed by atoms with van der Waals surface area (Å²) in [5.41, 5.74) is 3.26. The molecule has 3 aromatic rings. The molecule has 0 saturated carbocycles. The summed E-state index contributed by atoms with van der Waals surface area (Å²) in [5.74, 6) is 0. The van der Waals surface area contributed by atoms with E-state index in [1.165, 1.54) is 6.26 Å². The number of nitrogens with one attached hydrogen (secondary N) is 1. The molecule has 3 rings (SSSR count). The number of amides is 1. The van der Waals surface area contributed by atoms with Gasteiger partial charge in [0.05, 0.1) is 0 Å². The van der Waals surface area contributed by atoms with Crippen LogP contribution >= 0.6 is 0 Å². The third kappa shape index (κ3) is 3.52. The van der Waals surface area contributed by atoms with Crippen molar-refractivity contribution in [3.05, 3.63) is 72.5 Å². The van der Waals surface area contributed by atoms with Gasteiger partial charge in [0.25, 0.3) is 0 Å². The van der Waals surface area contributed by atoms with E-state index in [1.807, 2.05) is 42.5 Å². The zero-order valence-electron chi connectivity index (χ0n) is 11.7. The van der Waals surface area contributed by atoms with Gasteiger partial charge in [0.15, 0.2) is 0 Å². The molecule has 0 radical (unpaired) electrons. The van der Waals surface area contributed by atoms with Crippen LogP contribution in [0.3, 0.4) is 0 Å². The Balaban J connectivity index is 1.55. The maximum absolute atomic E-state index is 11.7. The van der Waals surface area contributed by atoms with E-state index in [1.54, 1.807) is 18.2 Å². The summed E-state index contributed by atoms with van der Waals surface area (Å²) in [4.78, 5) is 11.7. The number of benzene rings is 2. The molecule has 0 unspecified atom stereocenters. The van der Waals surface area contributed by atoms with Gasteiger partial charge in [-0.15, -0.1) is 0 Å². The van der Waals surface area contributed by atoms with Gasteiger partial charge in [-0.2, -0.15) is 0 Å². The average molecular weight is 294 g/mol. The van der Waals surface area contributed by atoms with E-state index >= 15 is 0 Å². The predicted molar refractivity (Wildman–Crippen MR) is 82.2 cm³/mol. The molecule has 0 spiro atoms. The summed E-state index contributed by atoms with van der Waals surface area (Å²) < 4.78 is 9.96. The van der Waals surface area contributed by atoms with Crippen molar-refractivity contribution in [2.45, 2.75) is 6.61 Å². The molecule has 5 heteroatoms. The minimum Gasteiger partial charge on any atom is -0.444 e. The van der Waals surface area contributed by atoms with Crippen molar-refractivity contribution in [3.8, 4) is 11.3 Å². The molecular weight excluding hydrogens is 280 g/mol. The molecular formula is C17H14N2O3. The number of ether oxygens (including phenoxy) is 1. The van der Waals surface area contributed by atoms with Crippen LogP contribution in [0.2, 0.25) is 0 Å². The van der Waals surface area contributed by atoms with Crippen LogP contribution in [-0.4, -0.2) is 11.2 Å². The quantitative estimate of drug-likeness (QED) is 0.787. The Morgan fingerprint density at radius 1 is 1.05 bits per heavy atom. The third-order valence-electron chi connectivity index (χ3n) is 3.08. The summed E-state index contributed by atoms with van der Waals surface area (Å²) in [5, 5.41) is 6.53. The van der Waals surface area contributed by atoms with Gasteiger partial charge in [-0.05, 0) is 17.7 Å². The first-order valence-corrected chi connectivity index (χ1v) is 6.80. The Morgan fingerprint density at radius 3 is 2.50 bits per heavy atom. The van der Waals surface area contributed by atoms with Crippen LogP contribution in [-0.2, 0) is 11.3 Å². The largest absolute Gasteiger partial charge is 0.444 e. The number of hydrogen-bond acceptors (Lipinski definition) is 4. The summed E-state index contributed by atoms with van der Waals surface area (Å²) in [7, 11) is 0. The van der Waals surface area contributed by atoms with Crippen molar-refractivity contribution in [2.75, 3.05) is 5.32 Å². The van der Waals surface area contributed by atoms with Gasteiger partial charge in [-0.3, -0.25) is 5.32 Å². The fourth-order valence-electron chi connectivity index (χ4n) is 1.96. The van der Waals surface area contributed by atoms with E-state index in [-0.39, 0.29) is 6.61 Å². The van der Waals surface area contributed by atoms with Gasteiger partial charge < -0.3 is 9.26 Å². The number of carbonyl (C=O) groups excluding carboxylic acids is 1. The van der Waals surface area contributed by atoms with E-state index < -0.39 is 6.09 Å². The average Bonchev–Trinajstić information content (AvgIpc) is 3.09. The fourth-order valence-corrected chi connectivity index (χ4v) is 1.96. The predicted octanol–water partition coefficient (Wildman–Crippen LogP) is 4.09. The second-order valence-corrected chi connectivity index (χ2v) is 4.65. The van der Waals surface area contributed by atoms with Crippen molar-refractivity contribution in [3.63, 3.8) is 0 Å². The van der Waals surface area contributed by atoms with Gasteiger partial charge in [-0.25, -0.2) is 4.79 Å². The van der Waals surface area contributed by atoms with Crippen LogP contribution < -0.4 is 5.32 Å². The molecule has 0 aliphatic rings. The molecule has 1 N–H and O–H groups in total. The van der Waals surface area contributed by atoms with Gasteiger partial charge in [0.1, 0.15) is 18.6 Å². The lowest BCUT2D eigenvalue weighted by atomic mass is 10.1. The normalized spacial score (nSPS) is 10.2. The van der Waals surface area contributed by atoms with E-state index in [0.29, 0.717) is 5.69 Å². The molecule has 22 heavy (non-hydrogen) atoms. The second-order valence-electron chi connectivity index (χ2n) is 4.65. The van der Waals surface area contributed by atoms with Crippen molar-refractivity contribution in [2.24, 2.45) is 0 Å². The Labute approximate surface area is 127 Å². The molecule has 0 atom stereocenters. The SMILES string of the molecule is O=C(Nc1ccc(-c2ccon2)cc1)OCc1ccccc1. The first kappa shape index (κ1) is 13.9. The minimum atomic E-state index is -0.488. The van der Waals surface area contributed by atoms with Crippen molar-refractivity contribution >= 4 is 11.8 Å². The number of nitrogens with zero attached hydrogens (tertiary/aromatic N) is 1. The number of carbonyl (C=O) groups is 1. The zero-order valence-corrected chi connectivity index (χ0v) is 11.7. The molecule has 1 aromatic heterocycles. The number of rotatable bonds is 4. The fraction of sp³-hybridized carbons (Fsp3) is 0.0588. The number of aromatic nitrogens is 1. The highest BCUT2D eigenvalue weighted by Gasteiger charge is 2.05. The molecule has 5 nitrogen and oxygen atoms in total. The Bertz CT molecular complexity index is 722. The van der Waals surface area contributed by atoms with E-state index in [0.717, 1.165) is 16.8 Å². The van der Waals surface area contributed by atoms with Crippen molar-refractivity contribution in [1.29, 1.82) is 0 Å². The molecule has 0 aliphatic heterocycles. The molecule has 2 aromatic carbocycles. The monoisotopic (exact) mass is 294 g/mol. The topological polar surface area (TPSA) is 64.4 Å². The molecule has 1 amide bonds. The standard InChI is InChI=1S/C17H14N2O3/c20-17(21-12-13-4-2-1-3-5-13)18-15-8-6-14(7-9-15)16-10-11-22-19-16/h1-11H,12H2,(H,18,20). The number of anilines is 1. The highest BCUT2D eigenvalue weighted by atomic mass is 16.5. The lowest BCUT2D eigenvalue weighted by Gasteiger charge is -2.07. The minimum absolute atomic E-state index is 0.240. The van der Waals surface area contributed by atoms with Gasteiger partial charge in [-0.1, -0.05) is 47.6 Å². The maximum Gasteiger partial charge on any atom is 0.411 e. The van der Waals surface area contributed by atoms with Crippen LogP contribution in [0.25, 0.3) is 11.3 Å². The smallest absolute Gasteiger partial charge is 0.411 e. The number of hydrogen-bond donors (Lipinski definition) is 1. The third-order valence-corrected chi connectivity index (χ3v) is 3.08.